The lowest BCUT2D eigenvalue weighted by atomic mass is 9.85. The van der Waals surface area contributed by atoms with Crippen LogP contribution in [0.1, 0.15) is 75.7 Å². The lowest BCUT2D eigenvalue weighted by Crippen LogP contribution is -2.20. The summed E-state index contributed by atoms with van der Waals surface area (Å²) in [4.78, 5) is 25.3. The van der Waals surface area contributed by atoms with Crippen molar-refractivity contribution in [1.82, 2.24) is 0 Å². The largest absolute Gasteiger partial charge is 0.453 e. The van der Waals surface area contributed by atoms with Gasteiger partial charge in [-0.1, -0.05) is 37.3 Å². The Balaban J connectivity index is 1.75. The summed E-state index contributed by atoms with van der Waals surface area (Å²) >= 11 is 0. The van der Waals surface area contributed by atoms with Gasteiger partial charge >= 0.3 is 0 Å². The molecular formula is C24H20O6S. The van der Waals surface area contributed by atoms with Crippen molar-refractivity contribution >= 4 is 21.4 Å². The molecule has 2 aromatic carbocycles. The lowest BCUT2D eigenvalue weighted by molar-refractivity contribution is 0.0965. The summed E-state index contributed by atoms with van der Waals surface area (Å²) in [6.07, 6.45) is -0.319. The van der Waals surface area contributed by atoms with E-state index in [1.54, 1.807) is 30.3 Å². The van der Waals surface area contributed by atoms with Crippen molar-refractivity contribution in [2.24, 2.45) is 5.92 Å². The zero-order chi connectivity index (χ0) is 22.1. The van der Waals surface area contributed by atoms with Gasteiger partial charge in [0.15, 0.2) is 23.1 Å². The van der Waals surface area contributed by atoms with Gasteiger partial charge < -0.3 is 9.52 Å². The summed E-state index contributed by atoms with van der Waals surface area (Å²) in [5.74, 6) is -0.975. The van der Waals surface area contributed by atoms with Crippen molar-refractivity contribution < 1.29 is 27.5 Å². The minimum atomic E-state index is -4.24. The Hall–Kier alpha value is -3.03. The minimum Gasteiger partial charge on any atom is -0.453 e. The van der Waals surface area contributed by atoms with E-state index in [1.165, 1.54) is 19.1 Å². The number of sulfone groups is 1. The normalized spacial score (nSPS) is 22.0. The Morgan fingerprint density at radius 3 is 2.42 bits per heavy atom. The predicted molar refractivity (Wildman–Crippen MR) is 111 cm³/mol. The molecule has 7 heteroatoms. The fraction of sp³-hybridized carbons (Fsp3) is 0.250. The molecule has 5 rings (SSSR count). The molecule has 3 atom stereocenters. The summed E-state index contributed by atoms with van der Waals surface area (Å²) in [5, 5.41) is 10.9. The van der Waals surface area contributed by atoms with E-state index in [9.17, 15) is 23.1 Å². The molecule has 1 N–H and O–H groups in total. The predicted octanol–water partition coefficient (Wildman–Crippen LogP) is 4.06. The van der Waals surface area contributed by atoms with Gasteiger partial charge in [-0.3, -0.25) is 9.59 Å². The number of Topliss-reactive ketones (excluding diaryl/α,β-unsaturated/α-hetero) is 1. The van der Waals surface area contributed by atoms with Crippen molar-refractivity contribution in [3.8, 4) is 0 Å². The first kappa shape index (κ1) is 19.9. The Morgan fingerprint density at radius 1 is 1.13 bits per heavy atom. The Bertz CT molecular complexity index is 1350. The van der Waals surface area contributed by atoms with Crippen molar-refractivity contribution in [3.63, 3.8) is 0 Å². The van der Waals surface area contributed by atoms with Crippen molar-refractivity contribution in [3.05, 3.63) is 82.3 Å². The van der Waals surface area contributed by atoms with Crippen molar-refractivity contribution in [2.45, 2.75) is 42.1 Å². The van der Waals surface area contributed by atoms with Gasteiger partial charge in [-0.15, -0.1) is 0 Å². The maximum atomic E-state index is 13.5. The van der Waals surface area contributed by atoms with Gasteiger partial charge in [-0.05, 0) is 47.6 Å². The molecule has 31 heavy (non-hydrogen) atoms. The molecular weight excluding hydrogens is 416 g/mol. The average molecular weight is 436 g/mol. The number of aliphatic hydroxyl groups excluding tert-OH is 1. The molecule has 0 saturated heterocycles. The molecule has 6 nitrogen and oxygen atoms in total. The summed E-state index contributed by atoms with van der Waals surface area (Å²) in [6, 6.07) is 12.9. The first-order valence-electron chi connectivity index (χ1n) is 10.1. The standard InChI is InChI=1S/C24H20O6S/c1-12-10-17(12)14-8-9-16-18(11-14)20(26)19-23(21(16)27)30-22(13(2)25)24(19)31(28,29)15-6-4-3-5-7-15/h3-9,11-12,17,21,27H,10H2,1-2H3/t12?,17-,21?/m0/s1. The lowest BCUT2D eigenvalue weighted by Gasteiger charge is -2.21. The van der Waals surface area contributed by atoms with Gasteiger partial charge in [0.25, 0.3) is 0 Å². The van der Waals surface area contributed by atoms with Crippen LogP contribution in [0.5, 0.6) is 0 Å². The monoisotopic (exact) mass is 436 g/mol. The zero-order valence-corrected chi connectivity index (χ0v) is 17.8. The third-order valence-corrected chi connectivity index (χ3v) is 7.98. The molecule has 158 valence electrons. The van der Waals surface area contributed by atoms with E-state index in [-0.39, 0.29) is 21.8 Å². The molecule has 3 aromatic rings. The number of hydrogen-bond acceptors (Lipinski definition) is 6. The zero-order valence-electron chi connectivity index (χ0n) is 17.0. The SMILES string of the molecule is CC(=O)c1oc2c(c1S(=O)(=O)c1ccccc1)C(=O)c1cc([C@H]3CC3C)ccc1C2O. The number of benzene rings is 2. The quantitative estimate of drug-likeness (QED) is 0.619. The Morgan fingerprint density at radius 2 is 1.81 bits per heavy atom. The number of ketones is 2. The minimum absolute atomic E-state index is 0.0604. The van der Waals surface area contributed by atoms with Crippen LogP contribution in [0.3, 0.4) is 0 Å². The molecule has 1 fully saturated rings. The molecule has 0 aliphatic heterocycles. The van der Waals surface area contributed by atoms with Crippen LogP contribution in [-0.4, -0.2) is 25.1 Å². The molecule has 1 aromatic heterocycles. The van der Waals surface area contributed by atoms with Gasteiger partial charge in [-0.2, -0.15) is 0 Å². The van der Waals surface area contributed by atoms with E-state index < -0.39 is 38.2 Å². The third-order valence-electron chi connectivity index (χ3n) is 6.16. The number of carbonyl (C=O) groups is 2. The van der Waals surface area contributed by atoms with Gasteiger partial charge in [0.2, 0.25) is 9.84 Å². The highest BCUT2D eigenvalue weighted by atomic mass is 32.2. The highest BCUT2D eigenvalue weighted by Crippen LogP contribution is 2.49. The highest BCUT2D eigenvalue weighted by Gasteiger charge is 2.43. The van der Waals surface area contributed by atoms with Gasteiger partial charge in [-0.25, -0.2) is 8.42 Å². The van der Waals surface area contributed by atoms with E-state index in [1.807, 2.05) is 6.07 Å². The van der Waals surface area contributed by atoms with Crippen LogP contribution in [-0.2, 0) is 9.84 Å². The summed E-state index contributed by atoms with van der Waals surface area (Å²) in [5.41, 5.74) is 1.33. The molecule has 2 aliphatic rings. The second-order valence-corrected chi connectivity index (χ2v) is 10.2. The number of furan rings is 1. The maximum Gasteiger partial charge on any atom is 0.211 e. The van der Waals surface area contributed by atoms with Crippen LogP contribution >= 0.6 is 0 Å². The first-order chi connectivity index (χ1) is 14.7. The first-order valence-corrected chi connectivity index (χ1v) is 11.5. The average Bonchev–Trinajstić information content (AvgIpc) is 3.33. The molecule has 0 bridgehead atoms. The Labute approximate surface area is 179 Å². The topological polar surface area (TPSA) is 102 Å². The summed E-state index contributed by atoms with van der Waals surface area (Å²) in [6.45, 7) is 3.30. The maximum absolute atomic E-state index is 13.5. The van der Waals surface area contributed by atoms with Crippen LogP contribution in [0, 0.1) is 5.92 Å². The number of rotatable bonds is 4. The molecule has 1 heterocycles. The fourth-order valence-electron chi connectivity index (χ4n) is 4.35. The molecule has 1 saturated carbocycles. The summed E-state index contributed by atoms with van der Waals surface area (Å²) < 4.78 is 32.4. The molecule has 2 aliphatic carbocycles. The second-order valence-electron chi connectivity index (χ2n) is 8.27. The number of hydrogen-bond donors (Lipinski definition) is 1. The molecule has 0 radical (unpaired) electrons. The van der Waals surface area contributed by atoms with Crippen LogP contribution in [0.15, 0.2) is 62.7 Å². The number of carbonyl (C=O) groups excluding carboxylic acids is 2. The van der Waals surface area contributed by atoms with Crippen LogP contribution < -0.4 is 0 Å². The van der Waals surface area contributed by atoms with E-state index in [2.05, 4.69) is 6.92 Å². The van der Waals surface area contributed by atoms with E-state index in [4.69, 9.17) is 4.42 Å². The number of fused-ring (bicyclic) bond motifs is 2. The van der Waals surface area contributed by atoms with Crippen LogP contribution in [0.4, 0.5) is 0 Å². The van der Waals surface area contributed by atoms with Crippen LogP contribution in [0.25, 0.3) is 0 Å². The van der Waals surface area contributed by atoms with E-state index in [0.29, 0.717) is 17.4 Å². The molecule has 2 unspecified atom stereocenters. The second kappa shape index (κ2) is 6.73. The smallest absolute Gasteiger partial charge is 0.211 e. The molecule has 0 spiro atoms. The van der Waals surface area contributed by atoms with E-state index >= 15 is 0 Å². The summed E-state index contributed by atoms with van der Waals surface area (Å²) in [7, 11) is -4.24. The Kier molecular flexibility index (Phi) is 4.32. The van der Waals surface area contributed by atoms with Crippen molar-refractivity contribution in [1.29, 1.82) is 0 Å². The third kappa shape index (κ3) is 2.91. The van der Waals surface area contributed by atoms with Gasteiger partial charge in [0, 0.05) is 12.5 Å². The van der Waals surface area contributed by atoms with E-state index in [0.717, 1.165) is 12.0 Å². The van der Waals surface area contributed by atoms with Crippen LogP contribution in [0.2, 0.25) is 0 Å². The van der Waals surface area contributed by atoms with Crippen molar-refractivity contribution in [2.75, 3.05) is 0 Å². The van der Waals surface area contributed by atoms with Gasteiger partial charge in [0.1, 0.15) is 11.0 Å². The highest BCUT2D eigenvalue weighted by molar-refractivity contribution is 7.91. The fourth-order valence-corrected chi connectivity index (χ4v) is 5.99. The van der Waals surface area contributed by atoms with Gasteiger partial charge in [0.05, 0.1) is 10.5 Å². The number of aliphatic hydroxyl groups is 1. The molecule has 0 amide bonds.